The Morgan fingerprint density at radius 2 is 1.73 bits per heavy atom. The van der Waals surface area contributed by atoms with Gasteiger partial charge in [-0.1, -0.05) is 13.8 Å². The summed E-state index contributed by atoms with van der Waals surface area (Å²) in [6, 6.07) is 8.39. The molecular weight excluding hydrogens is 710 g/mol. The molecule has 2 aromatic carbocycles. The molecule has 1 aliphatic heterocycles. The highest BCUT2D eigenvalue weighted by Gasteiger charge is 2.38. The number of nitrogens with one attached hydrogen (secondary N) is 1. The van der Waals surface area contributed by atoms with E-state index in [9.17, 15) is 28.3 Å². The molecule has 7 rings (SSSR count). The number of halogens is 2. The molecule has 4 aromatic rings. The molecule has 1 unspecified atom stereocenters. The Balaban J connectivity index is 0.939. The van der Waals surface area contributed by atoms with Crippen molar-refractivity contribution in [1.82, 2.24) is 29.4 Å². The smallest absolute Gasteiger partial charge is 0.309 e. The highest BCUT2D eigenvalue weighted by Crippen LogP contribution is 2.38. The Hall–Kier alpha value is -5.02. The molecule has 0 radical (unpaired) electrons. The van der Waals surface area contributed by atoms with E-state index in [-0.39, 0.29) is 53.9 Å². The number of benzene rings is 2. The van der Waals surface area contributed by atoms with Crippen LogP contribution in [-0.4, -0.2) is 84.0 Å². The highest BCUT2D eigenvalue weighted by molar-refractivity contribution is 6.00. The van der Waals surface area contributed by atoms with Gasteiger partial charge in [0.05, 0.1) is 40.7 Å². The van der Waals surface area contributed by atoms with Gasteiger partial charge in [-0.2, -0.15) is 10.2 Å². The maximum atomic E-state index is 14.2. The van der Waals surface area contributed by atoms with Crippen LogP contribution in [0.5, 0.6) is 0 Å². The zero-order valence-electron chi connectivity index (χ0n) is 31.4. The molecule has 1 saturated heterocycles. The Kier molecular flexibility index (Phi) is 10.6. The first-order chi connectivity index (χ1) is 26.2. The first kappa shape index (κ1) is 38.3. The summed E-state index contributed by atoms with van der Waals surface area (Å²) in [4.78, 5) is 44.7. The lowest BCUT2D eigenvalue weighted by molar-refractivity contribution is -0.157. The summed E-state index contributed by atoms with van der Waals surface area (Å²) in [5.74, 6) is -2.59. The van der Waals surface area contributed by atoms with Crippen LogP contribution in [0.15, 0.2) is 49.1 Å². The number of primary amides is 1. The minimum absolute atomic E-state index is 0.0168. The van der Waals surface area contributed by atoms with E-state index < -0.39 is 23.1 Å². The zero-order chi connectivity index (χ0) is 39.1. The molecule has 55 heavy (non-hydrogen) atoms. The number of nitrogens with zero attached hydrogens (tertiary/aromatic N) is 6. The second-order valence-electron chi connectivity index (χ2n) is 16.2. The van der Waals surface area contributed by atoms with Crippen molar-refractivity contribution in [3.8, 4) is 5.69 Å². The van der Waals surface area contributed by atoms with E-state index in [0.717, 1.165) is 29.6 Å². The van der Waals surface area contributed by atoms with Gasteiger partial charge in [-0.25, -0.2) is 23.1 Å². The number of likely N-dealkylation sites (tertiary alicyclic amines) is 1. The van der Waals surface area contributed by atoms with Gasteiger partial charge in [0.2, 0.25) is 0 Å². The van der Waals surface area contributed by atoms with Crippen molar-refractivity contribution in [3.05, 3.63) is 88.8 Å². The molecule has 13 nitrogen and oxygen atoms in total. The SMILES string of the molecule is Cc1nn(-c2ccc(C(N)=O)c(NC3CCC(OC(=O)C4CCN(CC(O)(Cn5cncn5)c5cc(F)cc(F)c5)CC4)CC3)c2)c2c1C(=O)CC(C)(C)C2. The Morgan fingerprint density at radius 3 is 2.38 bits per heavy atom. The molecule has 3 aliphatic rings. The largest absolute Gasteiger partial charge is 0.462 e. The lowest BCUT2D eigenvalue weighted by Gasteiger charge is -2.38. The summed E-state index contributed by atoms with van der Waals surface area (Å²) in [5, 5.41) is 24.1. The number of rotatable bonds is 11. The molecule has 1 atom stereocenters. The number of aromatic nitrogens is 5. The second kappa shape index (κ2) is 15.3. The average Bonchev–Trinajstić information content (AvgIpc) is 3.75. The monoisotopic (exact) mass is 758 g/mol. The third-order valence-electron chi connectivity index (χ3n) is 11.2. The molecular formula is C40H48F2N8O5. The van der Waals surface area contributed by atoms with Crippen molar-refractivity contribution in [2.24, 2.45) is 17.1 Å². The van der Waals surface area contributed by atoms with Crippen molar-refractivity contribution < 1.29 is 33.0 Å². The zero-order valence-corrected chi connectivity index (χ0v) is 31.4. The standard InChI is InChI=1S/C40H48F2N8O5/c1-24-36-34(18-39(2,3)19-35(36)51)50(47-24)30-6-9-32(37(43)52)33(17-30)46-29-4-7-31(8-5-29)55-38(53)25-10-12-48(13-11-25)20-40(54,21-49-23-44-22-45-49)26-14-27(41)16-28(42)15-26/h6,9,14-17,22-23,25,29,31,46,54H,4-5,7-8,10-13,18-21H2,1-3H3,(H2,43,52). The molecule has 1 saturated carbocycles. The number of Topliss-reactive ketones (excluding diaryl/α,β-unsaturated/α-hetero) is 1. The lowest BCUT2D eigenvalue weighted by Crippen LogP contribution is -2.47. The van der Waals surface area contributed by atoms with Crippen molar-refractivity contribution in [2.45, 2.75) is 96.4 Å². The quantitative estimate of drug-likeness (QED) is 0.179. The van der Waals surface area contributed by atoms with Crippen LogP contribution in [0.1, 0.15) is 96.5 Å². The van der Waals surface area contributed by atoms with Gasteiger partial charge >= 0.3 is 5.97 Å². The maximum absolute atomic E-state index is 14.2. The fourth-order valence-electron chi connectivity index (χ4n) is 8.49. The van der Waals surface area contributed by atoms with Gasteiger partial charge in [0.1, 0.15) is 36.0 Å². The van der Waals surface area contributed by atoms with Crippen LogP contribution in [0.4, 0.5) is 14.5 Å². The fraction of sp³-hybridized carbons (Fsp3) is 0.500. The molecule has 3 heterocycles. The molecule has 2 aliphatic carbocycles. The number of aliphatic hydroxyl groups is 1. The van der Waals surface area contributed by atoms with E-state index in [4.69, 9.17) is 15.6 Å². The predicted molar refractivity (Wildman–Crippen MR) is 198 cm³/mol. The topological polar surface area (TPSA) is 170 Å². The van der Waals surface area contributed by atoms with Crippen LogP contribution in [0, 0.1) is 29.9 Å². The molecule has 4 N–H and O–H groups in total. The Bertz CT molecular complexity index is 2050. The number of ketones is 1. The van der Waals surface area contributed by atoms with Crippen LogP contribution in [-0.2, 0) is 28.1 Å². The first-order valence-corrected chi connectivity index (χ1v) is 18.9. The van der Waals surface area contributed by atoms with Crippen LogP contribution in [0.3, 0.4) is 0 Å². The lowest BCUT2D eigenvalue weighted by atomic mass is 9.75. The summed E-state index contributed by atoms with van der Waals surface area (Å²) in [5.41, 5.74) is 7.94. The van der Waals surface area contributed by atoms with Crippen LogP contribution in [0.2, 0.25) is 0 Å². The van der Waals surface area contributed by atoms with Gasteiger partial charge in [0.25, 0.3) is 5.91 Å². The van der Waals surface area contributed by atoms with E-state index in [1.54, 1.807) is 12.1 Å². The molecule has 1 amide bonds. The number of amides is 1. The number of anilines is 1. The van der Waals surface area contributed by atoms with Crippen molar-refractivity contribution >= 4 is 23.3 Å². The normalized spacial score (nSPS) is 21.5. The van der Waals surface area contributed by atoms with E-state index >= 15 is 0 Å². The number of carbonyl (C=O) groups is 3. The molecule has 2 fully saturated rings. The number of hydrogen-bond acceptors (Lipinski definition) is 10. The Labute approximate surface area is 318 Å². The van der Waals surface area contributed by atoms with Gasteiger partial charge < -0.3 is 20.9 Å². The molecule has 2 aromatic heterocycles. The number of piperidine rings is 1. The molecule has 0 bridgehead atoms. The highest BCUT2D eigenvalue weighted by atomic mass is 19.1. The number of aryl methyl sites for hydroxylation is 1. The van der Waals surface area contributed by atoms with E-state index in [1.165, 1.54) is 17.3 Å². The van der Waals surface area contributed by atoms with Gasteiger partial charge in [-0.05, 0) is 106 Å². The summed E-state index contributed by atoms with van der Waals surface area (Å²) in [7, 11) is 0. The first-order valence-electron chi connectivity index (χ1n) is 18.9. The van der Waals surface area contributed by atoms with Gasteiger partial charge in [-0.3, -0.25) is 19.3 Å². The van der Waals surface area contributed by atoms with Crippen molar-refractivity contribution in [2.75, 3.05) is 25.0 Å². The predicted octanol–water partition coefficient (Wildman–Crippen LogP) is 4.87. The Morgan fingerprint density at radius 1 is 1.02 bits per heavy atom. The average molecular weight is 759 g/mol. The number of ether oxygens (including phenoxy) is 1. The summed E-state index contributed by atoms with van der Waals surface area (Å²) >= 11 is 0. The molecule has 15 heteroatoms. The summed E-state index contributed by atoms with van der Waals surface area (Å²) < 4.78 is 37.6. The molecule has 292 valence electrons. The van der Waals surface area contributed by atoms with Crippen LogP contribution in [0.25, 0.3) is 5.69 Å². The second-order valence-corrected chi connectivity index (χ2v) is 16.2. The van der Waals surface area contributed by atoms with Crippen LogP contribution < -0.4 is 11.1 Å². The number of fused-ring (bicyclic) bond motifs is 1. The number of nitrogens with two attached hydrogens (primary N) is 1. The summed E-state index contributed by atoms with van der Waals surface area (Å²) in [6.07, 6.45) is 7.45. The number of hydrogen-bond donors (Lipinski definition) is 3. The number of β-amino-alcohol motifs (C(OH)–C–C–N with tert-alkyl or cyclic N) is 1. The van der Waals surface area contributed by atoms with E-state index in [2.05, 4.69) is 29.2 Å². The number of esters is 1. The van der Waals surface area contributed by atoms with Crippen LogP contribution >= 0.6 is 0 Å². The van der Waals surface area contributed by atoms with E-state index in [0.29, 0.717) is 87.0 Å². The minimum atomic E-state index is -1.66. The summed E-state index contributed by atoms with van der Waals surface area (Å²) in [6.45, 7) is 7.00. The van der Waals surface area contributed by atoms with Crippen molar-refractivity contribution in [3.63, 3.8) is 0 Å². The van der Waals surface area contributed by atoms with Gasteiger partial charge in [0.15, 0.2) is 5.78 Å². The maximum Gasteiger partial charge on any atom is 0.309 e. The minimum Gasteiger partial charge on any atom is -0.462 e. The van der Waals surface area contributed by atoms with Crippen molar-refractivity contribution in [1.29, 1.82) is 0 Å². The van der Waals surface area contributed by atoms with E-state index in [1.807, 2.05) is 22.6 Å². The number of carbonyl (C=O) groups excluding carboxylic acids is 3. The third-order valence-corrected chi connectivity index (χ3v) is 11.2. The third kappa shape index (κ3) is 8.47. The van der Waals surface area contributed by atoms with Gasteiger partial charge in [-0.15, -0.1) is 0 Å². The fourth-order valence-corrected chi connectivity index (χ4v) is 8.49. The molecule has 0 spiro atoms. The van der Waals surface area contributed by atoms with Gasteiger partial charge in [0, 0.05) is 30.8 Å².